The van der Waals surface area contributed by atoms with Crippen molar-refractivity contribution in [1.29, 1.82) is 0 Å². The number of aromatic hydroxyl groups is 1. The molecule has 2 N–H and O–H groups in total. The summed E-state index contributed by atoms with van der Waals surface area (Å²) in [5, 5.41) is 12.6. The van der Waals surface area contributed by atoms with Crippen molar-refractivity contribution in [2.75, 3.05) is 12.0 Å². The molecule has 3 aromatic rings. The number of aromatic nitrogens is 3. The molecular formula is C22H28N4O3S. The number of nitrogens with zero attached hydrogens (tertiary/aromatic N) is 3. The van der Waals surface area contributed by atoms with Crippen LogP contribution in [0.15, 0.2) is 41.2 Å². The molecule has 0 aliphatic carbocycles. The normalized spacial score (nSPS) is 12.2. The van der Waals surface area contributed by atoms with E-state index in [0.717, 1.165) is 29.0 Å². The van der Waals surface area contributed by atoms with Crippen LogP contribution in [0.2, 0.25) is 0 Å². The quantitative estimate of drug-likeness (QED) is 0.547. The van der Waals surface area contributed by atoms with E-state index in [2.05, 4.69) is 5.32 Å². The molecule has 1 amide bonds. The zero-order chi connectivity index (χ0) is 21.7. The Morgan fingerprint density at radius 2 is 2.07 bits per heavy atom. The third-order valence-electron chi connectivity index (χ3n) is 5.18. The van der Waals surface area contributed by atoms with Gasteiger partial charge in [-0.15, -0.1) is 0 Å². The number of nitrogens with one attached hydrogen (secondary N) is 1. The van der Waals surface area contributed by atoms with Crippen molar-refractivity contribution >= 4 is 28.7 Å². The lowest BCUT2D eigenvalue weighted by molar-refractivity contribution is -0.122. The summed E-state index contributed by atoms with van der Waals surface area (Å²) < 4.78 is 3.61. The number of imidazole rings is 1. The number of benzene rings is 1. The topological polar surface area (TPSA) is 89.2 Å². The van der Waals surface area contributed by atoms with Crippen LogP contribution in [0, 0.1) is 6.92 Å². The minimum Gasteiger partial charge on any atom is -0.508 e. The molecule has 2 aromatic heterocycles. The molecule has 1 aromatic carbocycles. The van der Waals surface area contributed by atoms with Crippen molar-refractivity contribution in [2.45, 2.75) is 38.8 Å². The van der Waals surface area contributed by atoms with Crippen LogP contribution in [-0.4, -0.2) is 37.1 Å². The molecule has 0 fully saturated rings. The fraction of sp³-hybridized carbons (Fsp3) is 0.409. The molecule has 7 nitrogen and oxygen atoms in total. The summed E-state index contributed by atoms with van der Waals surface area (Å²) in [6.07, 6.45) is 3.69. The summed E-state index contributed by atoms with van der Waals surface area (Å²) in [6, 6.07) is 10.5. The number of amides is 1. The highest BCUT2D eigenvalue weighted by Crippen LogP contribution is 2.23. The summed E-state index contributed by atoms with van der Waals surface area (Å²) in [7, 11) is 1.98. The zero-order valence-electron chi connectivity index (χ0n) is 17.6. The Morgan fingerprint density at radius 1 is 1.30 bits per heavy atom. The molecule has 0 unspecified atom stereocenters. The van der Waals surface area contributed by atoms with Crippen LogP contribution in [-0.2, 0) is 18.4 Å². The standard InChI is InChI=1S/C22H28N4O3S/c1-15-13-16(27)14-21(29)26(15)11-6-9-20(28)23-18(10-12-30-3)22-24-17-7-4-5-8-19(17)25(22)2/h4-5,7-8,13-14,18,27H,6,9-12H2,1-3H3,(H,23,28)/t18-/m0/s1. The SMILES string of the molecule is CSCC[C@H](NC(=O)CCCn1c(C)cc(O)cc1=O)c1nc2ccccc2n1C. The van der Waals surface area contributed by atoms with E-state index < -0.39 is 0 Å². The predicted molar refractivity (Wildman–Crippen MR) is 121 cm³/mol. The molecule has 160 valence electrons. The maximum absolute atomic E-state index is 12.6. The third kappa shape index (κ3) is 5.05. The van der Waals surface area contributed by atoms with Crippen molar-refractivity contribution in [3.63, 3.8) is 0 Å². The average Bonchev–Trinajstić information content (AvgIpc) is 3.04. The molecule has 0 radical (unpaired) electrons. The summed E-state index contributed by atoms with van der Waals surface area (Å²) in [5.74, 6) is 1.67. The molecular weight excluding hydrogens is 400 g/mol. The van der Waals surface area contributed by atoms with Gasteiger partial charge < -0.3 is 19.6 Å². The minimum absolute atomic E-state index is 0.0365. The van der Waals surface area contributed by atoms with Crippen LogP contribution in [0.1, 0.15) is 36.8 Å². The van der Waals surface area contributed by atoms with Gasteiger partial charge in [0.1, 0.15) is 11.6 Å². The lowest BCUT2D eigenvalue weighted by atomic mass is 10.2. The summed E-state index contributed by atoms with van der Waals surface area (Å²) >= 11 is 1.74. The Labute approximate surface area is 180 Å². The second-order valence-corrected chi connectivity index (χ2v) is 8.35. The number of hydrogen-bond acceptors (Lipinski definition) is 5. The molecule has 0 spiro atoms. The summed E-state index contributed by atoms with van der Waals surface area (Å²) in [5.41, 5.74) is 2.38. The van der Waals surface area contributed by atoms with E-state index in [0.29, 0.717) is 25.1 Å². The van der Waals surface area contributed by atoms with Gasteiger partial charge in [0.25, 0.3) is 5.56 Å². The molecule has 0 aliphatic rings. The number of para-hydroxylation sites is 2. The van der Waals surface area contributed by atoms with Crippen molar-refractivity contribution in [3.05, 3.63) is 58.3 Å². The number of hydrogen-bond donors (Lipinski definition) is 2. The fourth-order valence-corrected chi connectivity index (χ4v) is 4.11. The van der Waals surface area contributed by atoms with Crippen LogP contribution >= 0.6 is 11.8 Å². The van der Waals surface area contributed by atoms with Crippen LogP contribution in [0.4, 0.5) is 0 Å². The molecule has 0 aliphatic heterocycles. The van der Waals surface area contributed by atoms with E-state index in [1.54, 1.807) is 29.3 Å². The number of carbonyl (C=O) groups excluding carboxylic acids is 1. The molecule has 3 rings (SSSR count). The highest BCUT2D eigenvalue weighted by Gasteiger charge is 2.20. The van der Waals surface area contributed by atoms with Crippen molar-refractivity contribution in [3.8, 4) is 5.75 Å². The minimum atomic E-state index is -0.259. The molecule has 0 saturated carbocycles. The van der Waals surface area contributed by atoms with E-state index in [9.17, 15) is 14.7 Å². The van der Waals surface area contributed by atoms with Crippen molar-refractivity contribution < 1.29 is 9.90 Å². The molecule has 2 heterocycles. The average molecular weight is 429 g/mol. The first-order valence-corrected chi connectivity index (χ1v) is 11.4. The second kappa shape index (κ2) is 9.84. The zero-order valence-corrected chi connectivity index (χ0v) is 18.4. The Balaban J connectivity index is 1.67. The molecule has 30 heavy (non-hydrogen) atoms. The van der Waals surface area contributed by atoms with Crippen LogP contribution in [0.25, 0.3) is 11.0 Å². The van der Waals surface area contributed by atoms with E-state index >= 15 is 0 Å². The van der Waals surface area contributed by atoms with Crippen molar-refractivity contribution in [1.82, 2.24) is 19.4 Å². The molecule has 0 bridgehead atoms. The Bertz CT molecular complexity index is 1090. The first kappa shape index (κ1) is 22.0. The van der Waals surface area contributed by atoms with Crippen LogP contribution in [0.3, 0.4) is 0 Å². The van der Waals surface area contributed by atoms with Gasteiger partial charge in [0.2, 0.25) is 5.91 Å². The van der Waals surface area contributed by atoms with Gasteiger partial charge in [-0.05, 0) is 50.0 Å². The first-order chi connectivity index (χ1) is 14.4. The number of fused-ring (bicyclic) bond motifs is 1. The summed E-state index contributed by atoms with van der Waals surface area (Å²) in [6.45, 7) is 2.20. The Hall–Kier alpha value is -2.74. The van der Waals surface area contributed by atoms with Gasteiger partial charge in [-0.1, -0.05) is 12.1 Å². The number of thioether (sulfide) groups is 1. The number of carbonyl (C=O) groups is 1. The molecule has 0 saturated heterocycles. The van der Waals surface area contributed by atoms with Gasteiger partial charge in [0, 0.05) is 31.8 Å². The second-order valence-electron chi connectivity index (χ2n) is 7.37. The molecule has 1 atom stereocenters. The highest BCUT2D eigenvalue weighted by atomic mass is 32.2. The lowest BCUT2D eigenvalue weighted by Crippen LogP contribution is -2.31. The predicted octanol–water partition coefficient (Wildman–Crippen LogP) is 3.14. The maximum atomic E-state index is 12.6. The first-order valence-electron chi connectivity index (χ1n) is 10.0. The third-order valence-corrected chi connectivity index (χ3v) is 5.83. The number of pyridine rings is 1. The van der Waals surface area contributed by atoms with Crippen LogP contribution < -0.4 is 10.9 Å². The van der Waals surface area contributed by atoms with E-state index in [4.69, 9.17) is 4.98 Å². The number of rotatable bonds is 9. The van der Waals surface area contributed by atoms with Gasteiger partial charge in [-0.3, -0.25) is 9.59 Å². The fourth-order valence-electron chi connectivity index (χ4n) is 3.64. The number of aryl methyl sites for hydroxylation is 2. The summed E-state index contributed by atoms with van der Waals surface area (Å²) in [4.78, 5) is 29.4. The monoisotopic (exact) mass is 428 g/mol. The van der Waals surface area contributed by atoms with E-state index in [1.807, 2.05) is 42.1 Å². The molecule has 8 heteroatoms. The lowest BCUT2D eigenvalue weighted by Gasteiger charge is -2.18. The Kier molecular flexibility index (Phi) is 7.20. The van der Waals surface area contributed by atoms with E-state index in [1.165, 1.54) is 6.07 Å². The van der Waals surface area contributed by atoms with Gasteiger partial charge in [-0.25, -0.2) is 4.98 Å². The van der Waals surface area contributed by atoms with Gasteiger partial charge in [0.15, 0.2) is 0 Å². The largest absolute Gasteiger partial charge is 0.508 e. The maximum Gasteiger partial charge on any atom is 0.254 e. The Morgan fingerprint density at radius 3 is 2.77 bits per heavy atom. The van der Waals surface area contributed by atoms with Gasteiger partial charge in [0.05, 0.1) is 17.1 Å². The van der Waals surface area contributed by atoms with Crippen LogP contribution in [0.5, 0.6) is 5.75 Å². The smallest absolute Gasteiger partial charge is 0.254 e. The van der Waals surface area contributed by atoms with Crippen molar-refractivity contribution in [2.24, 2.45) is 7.05 Å². The van der Waals surface area contributed by atoms with E-state index in [-0.39, 0.29) is 23.3 Å². The van der Waals surface area contributed by atoms with Gasteiger partial charge >= 0.3 is 0 Å². The highest BCUT2D eigenvalue weighted by molar-refractivity contribution is 7.98. The van der Waals surface area contributed by atoms with Gasteiger partial charge in [-0.2, -0.15) is 11.8 Å².